The smallest absolute Gasteiger partial charge is 0.244 e. The van der Waals surface area contributed by atoms with E-state index >= 15 is 0 Å². The second-order valence-electron chi connectivity index (χ2n) is 7.05. The Balaban J connectivity index is 2.30. The van der Waals surface area contributed by atoms with Gasteiger partial charge in [-0.25, -0.2) is 0 Å². The molecular formula is C16H30N2O. The maximum Gasteiger partial charge on any atom is 0.244 e. The molecule has 1 heterocycles. The highest BCUT2D eigenvalue weighted by Crippen LogP contribution is 2.39. The topological polar surface area (TPSA) is 32.3 Å². The summed E-state index contributed by atoms with van der Waals surface area (Å²) in [6.07, 6.45) is 5.70. The average molecular weight is 266 g/mol. The predicted molar refractivity (Wildman–Crippen MR) is 78.7 cm³/mol. The molecule has 2 aliphatic rings. The minimum absolute atomic E-state index is 0.220. The number of carbonyl (C=O) groups excluding carboxylic acids is 1. The van der Waals surface area contributed by atoms with Gasteiger partial charge in [-0.15, -0.1) is 0 Å². The molecule has 0 aromatic heterocycles. The van der Waals surface area contributed by atoms with E-state index in [0.717, 1.165) is 19.3 Å². The largest absolute Gasteiger partial charge is 0.322 e. The van der Waals surface area contributed by atoms with Gasteiger partial charge in [0, 0.05) is 6.04 Å². The Hall–Kier alpha value is -0.570. The van der Waals surface area contributed by atoms with Crippen LogP contribution in [0.4, 0.5) is 0 Å². The van der Waals surface area contributed by atoms with Crippen LogP contribution in [-0.4, -0.2) is 28.6 Å². The van der Waals surface area contributed by atoms with E-state index in [1.807, 2.05) is 0 Å². The SMILES string of the molecule is CCC(C(C)C)N1C(=O)C2(CCCC2)NC1C(C)C. The molecule has 1 saturated heterocycles. The first-order chi connectivity index (χ1) is 8.93. The van der Waals surface area contributed by atoms with Crippen molar-refractivity contribution in [3.63, 3.8) is 0 Å². The minimum atomic E-state index is -0.225. The molecule has 0 aromatic carbocycles. The summed E-state index contributed by atoms with van der Waals surface area (Å²) in [6.45, 7) is 11.1. The second-order valence-corrected chi connectivity index (χ2v) is 7.05. The molecule has 110 valence electrons. The van der Waals surface area contributed by atoms with Crippen LogP contribution in [0.3, 0.4) is 0 Å². The molecule has 19 heavy (non-hydrogen) atoms. The van der Waals surface area contributed by atoms with Crippen molar-refractivity contribution >= 4 is 5.91 Å². The van der Waals surface area contributed by atoms with Crippen molar-refractivity contribution in [3.8, 4) is 0 Å². The molecule has 2 fully saturated rings. The van der Waals surface area contributed by atoms with Crippen molar-refractivity contribution in [2.45, 2.75) is 84.5 Å². The van der Waals surface area contributed by atoms with Crippen molar-refractivity contribution in [1.29, 1.82) is 0 Å². The molecule has 2 unspecified atom stereocenters. The summed E-state index contributed by atoms with van der Waals surface area (Å²) in [4.78, 5) is 15.2. The van der Waals surface area contributed by atoms with Gasteiger partial charge in [0.2, 0.25) is 5.91 Å². The van der Waals surface area contributed by atoms with Crippen LogP contribution in [0.5, 0.6) is 0 Å². The van der Waals surface area contributed by atoms with Gasteiger partial charge in [-0.3, -0.25) is 10.1 Å². The summed E-state index contributed by atoms with van der Waals surface area (Å²) in [7, 11) is 0. The summed E-state index contributed by atoms with van der Waals surface area (Å²) in [6, 6.07) is 0.368. The highest BCUT2D eigenvalue weighted by atomic mass is 16.2. The lowest BCUT2D eigenvalue weighted by molar-refractivity contribution is -0.136. The normalized spacial score (nSPS) is 28.1. The zero-order chi connectivity index (χ0) is 14.2. The van der Waals surface area contributed by atoms with Crippen LogP contribution in [-0.2, 0) is 4.79 Å². The zero-order valence-corrected chi connectivity index (χ0v) is 13.2. The summed E-state index contributed by atoms with van der Waals surface area (Å²) >= 11 is 0. The third-order valence-corrected chi connectivity index (χ3v) is 5.00. The molecule has 0 aromatic rings. The van der Waals surface area contributed by atoms with Crippen molar-refractivity contribution in [3.05, 3.63) is 0 Å². The van der Waals surface area contributed by atoms with Crippen LogP contribution in [0.25, 0.3) is 0 Å². The molecule has 1 spiro atoms. The highest BCUT2D eigenvalue weighted by Gasteiger charge is 2.54. The van der Waals surface area contributed by atoms with Crippen LogP contribution in [0.15, 0.2) is 0 Å². The number of nitrogens with one attached hydrogen (secondary N) is 1. The summed E-state index contributed by atoms with van der Waals surface area (Å²) < 4.78 is 0. The fourth-order valence-corrected chi connectivity index (χ4v) is 3.96. The van der Waals surface area contributed by atoms with Gasteiger partial charge in [0.05, 0.1) is 11.7 Å². The standard InChI is InChI=1S/C16H30N2O/c1-6-13(11(2)3)18-14(12(4)5)17-16(15(18)19)9-7-8-10-16/h11-14,17H,6-10H2,1-5H3. The quantitative estimate of drug-likeness (QED) is 0.848. The molecule has 1 N–H and O–H groups in total. The molecule has 1 saturated carbocycles. The second kappa shape index (κ2) is 5.43. The van der Waals surface area contributed by atoms with Gasteiger partial charge in [0.25, 0.3) is 0 Å². The van der Waals surface area contributed by atoms with Gasteiger partial charge in [-0.1, -0.05) is 47.5 Å². The van der Waals surface area contributed by atoms with Crippen molar-refractivity contribution in [2.75, 3.05) is 0 Å². The Kier molecular flexibility index (Phi) is 4.24. The Morgan fingerprint density at radius 1 is 1.26 bits per heavy atom. The fourth-order valence-electron chi connectivity index (χ4n) is 3.96. The number of amides is 1. The van der Waals surface area contributed by atoms with Crippen molar-refractivity contribution in [1.82, 2.24) is 10.2 Å². The van der Waals surface area contributed by atoms with E-state index in [2.05, 4.69) is 44.8 Å². The van der Waals surface area contributed by atoms with Gasteiger partial charge >= 0.3 is 0 Å². The Morgan fingerprint density at radius 3 is 2.26 bits per heavy atom. The van der Waals surface area contributed by atoms with Crippen LogP contribution < -0.4 is 5.32 Å². The number of nitrogens with zero attached hydrogens (tertiary/aromatic N) is 1. The maximum atomic E-state index is 13.0. The van der Waals surface area contributed by atoms with Crippen LogP contribution in [0.2, 0.25) is 0 Å². The monoisotopic (exact) mass is 266 g/mol. The molecule has 1 amide bonds. The highest BCUT2D eigenvalue weighted by molar-refractivity contribution is 5.89. The third kappa shape index (κ3) is 2.42. The first-order valence-corrected chi connectivity index (χ1v) is 8.03. The molecule has 3 heteroatoms. The number of hydrogen-bond donors (Lipinski definition) is 1. The molecular weight excluding hydrogens is 236 g/mol. The Labute approximate surface area is 118 Å². The maximum absolute atomic E-state index is 13.0. The van der Waals surface area contributed by atoms with Gasteiger partial charge < -0.3 is 4.90 Å². The summed E-state index contributed by atoms with van der Waals surface area (Å²) in [5, 5.41) is 3.71. The van der Waals surface area contributed by atoms with E-state index in [1.54, 1.807) is 0 Å². The molecule has 2 rings (SSSR count). The van der Waals surface area contributed by atoms with E-state index in [-0.39, 0.29) is 11.7 Å². The average Bonchev–Trinajstić information content (AvgIpc) is 2.91. The lowest BCUT2D eigenvalue weighted by Crippen LogP contribution is -2.49. The lowest BCUT2D eigenvalue weighted by Gasteiger charge is -2.36. The third-order valence-electron chi connectivity index (χ3n) is 5.00. The fraction of sp³-hybridized carbons (Fsp3) is 0.938. The number of hydrogen-bond acceptors (Lipinski definition) is 2. The Morgan fingerprint density at radius 2 is 1.84 bits per heavy atom. The lowest BCUT2D eigenvalue weighted by atomic mass is 9.95. The molecule has 3 nitrogen and oxygen atoms in total. The van der Waals surface area contributed by atoms with Gasteiger partial charge in [0.15, 0.2) is 0 Å². The first-order valence-electron chi connectivity index (χ1n) is 8.03. The molecule has 0 radical (unpaired) electrons. The van der Waals surface area contributed by atoms with Crippen LogP contribution in [0.1, 0.15) is 66.7 Å². The van der Waals surface area contributed by atoms with E-state index in [0.29, 0.717) is 23.8 Å². The Bertz CT molecular complexity index is 332. The molecule has 1 aliphatic carbocycles. The van der Waals surface area contributed by atoms with E-state index in [9.17, 15) is 4.79 Å². The zero-order valence-electron chi connectivity index (χ0n) is 13.2. The van der Waals surface area contributed by atoms with E-state index in [1.165, 1.54) is 12.8 Å². The molecule has 1 aliphatic heterocycles. The predicted octanol–water partition coefficient (Wildman–Crippen LogP) is 3.15. The van der Waals surface area contributed by atoms with Gasteiger partial charge in [-0.05, 0) is 31.1 Å². The van der Waals surface area contributed by atoms with Crippen LogP contribution >= 0.6 is 0 Å². The minimum Gasteiger partial charge on any atom is -0.322 e. The van der Waals surface area contributed by atoms with Crippen molar-refractivity contribution in [2.24, 2.45) is 11.8 Å². The van der Waals surface area contributed by atoms with Gasteiger partial charge in [-0.2, -0.15) is 0 Å². The van der Waals surface area contributed by atoms with E-state index < -0.39 is 0 Å². The summed E-state index contributed by atoms with van der Waals surface area (Å²) in [5.74, 6) is 1.37. The first kappa shape index (κ1) is 14.8. The van der Waals surface area contributed by atoms with Gasteiger partial charge in [0.1, 0.15) is 0 Å². The molecule has 0 bridgehead atoms. The number of carbonyl (C=O) groups is 1. The summed E-state index contributed by atoms with van der Waals surface area (Å²) in [5.41, 5.74) is -0.225. The number of rotatable bonds is 4. The van der Waals surface area contributed by atoms with E-state index in [4.69, 9.17) is 0 Å². The van der Waals surface area contributed by atoms with Crippen LogP contribution in [0, 0.1) is 11.8 Å². The van der Waals surface area contributed by atoms with Crippen molar-refractivity contribution < 1.29 is 4.79 Å². The molecule has 2 atom stereocenters.